The van der Waals surface area contributed by atoms with E-state index in [4.69, 9.17) is 0 Å². The van der Waals surface area contributed by atoms with Crippen LogP contribution < -0.4 is 4.90 Å². The lowest BCUT2D eigenvalue weighted by Gasteiger charge is -2.36. The van der Waals surface area contributed by atoms with Crippen molar-refractivity contribution in [3.05, 3.63) is 34.4 Å². The van der Waals surface area contributed by atoms with Crippen molar-refractivity contribution in [2.45, 2.75) is 12.5 Å². The number of hydrogen-bond acceptors (Lipinski definition) is 4. The van der Waals surface area contributed by atoms with Crippen LogP contribution in [-0.4, -0.2) is 42.0 Å². The average molecular weight is 233 g/mol. The predicted octanol–water partition coefficient (Wildman–Crippen LogP) is 1.49. The van der Waals surface area contributed by atoms with Gasteiger partial charge < -0.3 is 4.90 Å². The van der Waals surface area contributed by atoms with Gasteiger partial charge in [-0.05, 0) is 18.6 Å². The van der Waals surface area contributed by atoms with Crippen molar-refractivity contribution >= 4 is 11.4 Å². The Kier molecular flexibility index (Phi) is 2.48. The van der Waals surface area contributed by atoms with Crippen LogP contribution in [0.1, 0.15) is 6.42 Å². The number of nitro groups is 1. The van der Waals surface area contributed by atoms with Gasteiger partial charge in [-0.15, -0.1) is 0 Å². The van der Waals surface area contributed by atoms with Gasteiger partial charge in [0.1, 0.15) is 0 Å². The van der Waals surface area contributed by atoms with Gasteiger partial charge in [0.15, 0.2) is 0 Å². The Morgan fingerprint density at radius 3 is 2.65 bits per heavy atom. The molecule has 2 atom stereocenters. The monoisotopic (exact) mass is 233 g/mol. The molecule has 2 saturated heterocycles. The third kappa shape index (κ3) is 1.86. The van der Waals surface area contributed by atoms with Crippen LogP contribution in [0.2, 0.25) is 0 Å². The normalized spacial score (nSPS) is 27.2. The van der Waals surface area contributed by atoms with E-state index in [9.17, 15) is 10.1 Å². The van der Waals surface area contributed by atoms with E-state index in [1.807, 2.05) is 12.1 Å². The van der Waals surface area contributed by atoms with Gasteiger partial charge >= 0.3 is 0 Å². The molecule has 3 rings (SSSR count). The third-order valence-corrected chi connectivity index (χ3v) is 3.74. The fraction of sp³-hybridized carbons (Fsp3) is 0.500. The van der Waals surface area contributed by atoms with E-state index < -0.39 is 0 Å². The number of rotatable bonds is 2. The van der Waals surface area contributed by atoms with E-state index in [-0.39, 0.29) is 10.6 Å². The standard InChI is InChI=1S/C12H15N3O2/c16-15(17)11-3-1-10(2-4-11)14-8-7-13-6-5-12(14)9-13/h1-4,12H,5-9H2/t12-/m0/s1. The topological polar surface area (TPSA) is 49.6 Å². The number of nitro benzene ring substituents is 1. The van der Waals surface area contributed by atoms with Crippen LogP contribution in [0, 0.1) is 10.1 Å². The average Bonchev–Trinajstić information content (AvgIpc) is 2.72. The number of non-ortho nitro benzene ring substituents is 1. The van der Waals surface area contributed by atoms with Gasteiger partial charge in [-0.25, -0.2) is 0 Å². The summed E-state index contributed by atoms with van der Waals surface area (Å²) in [4.78, 5) is 15.1. The van der Waals surface area contributed by atoms with Crippen LogP contribution in [0.25, 0.3) is 0 Å². The lowest BCUT2D eigenvalue weighted by atomic mass is 10.1. The Hall–Kier alpha value is -1.62. The van der Waals surface area contributed by atoms with Crippen LogP contribution in [0.3, 0.4) is 0 Å². The van der Waals surface area contributed by atoms with E-state index in [0.29, 0.717) is 6.04 Å². The van der Waals surface area contributed by atoms with Gasteiger partial charge in [0.05, 0.1) is 4.92 Å². The quantitative estimate of drug-likeness (QED) is 0.573. The molecule has 2 aliphatic heterocycles. The zero-order valence-electron chi connectivity index (χ0n) is 9.58. The Balaban J connectivity index is 1.81. The molecule has 2 aliphatic rings. The molecule has 0 aliphatic carbocycles. The minimum Gasteiger partial charge on any atom is -0.366 e. The Morgan fingerprint density at radius 2 is 1.94 bits per heavy atom. The second-order valence-electron chi connectivity index (χ2n) is 4.71. The highest BCUT2D eigenvalue weighted by atomic mass is 16.6. The molecule has 0 N–H and O–H groups in total. The lowest BCUT2D eigenvalue weighted by Crippen LogP contribution is -2.46. The van der Waals surface area contributed by atoms with Crippen molar-refractivity contribution < 1.29 is 4.92 Å². The van der Waals surface area contributed by atoms with E-state index in [1.54, 1.807) is 12.1 Å². The molecule has 2 fully saturated rings. The molecule has 1 aromatic carbocycles. The molecule has 2 bridgehead atoms. The number of hydrogen-bond donors (Lipinski definition) is 0. The SMILES string of the molecule is O=[N+]([O-])c1ccc(N2CCN3CC[C@H]2C3)cc1. The summed E-state index contributed by atoms with van der Waals surface area (Å²) in [5.41, 5.74) is 1.28. The fourth-order valence-electron chi connectivity index (χ4n) is 2.81. The largest absolute Gasteiger partial charge is 0.366 e. The molecule has 5 heteroatoms. The Morgan fingerprint density at radius 1 is 1.18 bits per heavy atom. The van der Waals surface area contributed by atoms with Gasteiger partial charge in [-0.2, -0.15) is 0 Å². The molecule has 0 aromatic heterocycles. The first-order valence-corrected chi connectivity index (χ1v) is 5.97. The number of piperazine rings is 1. The van der Waals surface area contributed by atoms with Gasteiger partial charge in [0, 0.05) is 50.0 Å². The van der Waals surface area contributed by atoms with E-state index >= 15 is 0 Å². The molecule has 2 heterocycles. The van der Waals surface area contributed by atoms with Crippen LogP contribution in [-0.2, 0) is 0 Å². The third-order valence-electron chi connectivity index (χ3n) is 3.74. The van der Waals surface area contributed by atoms with Crippen molar-refractivity contribution in [1.82, 2.24) is 4.90 Å². The van der Waals surface area contributed by atoms with Crippen LogP contribution in [0.15, 0.2) is 24.3 Å². The van der Waals surface area contributed by atoms with Gasteiger partial charge in [-0.1, -0.05) is 0 Å². The van der Waals surface area contributed by atoms with E-state index in [0.717, 1.165) is 25.3 Å². The summed E-state index contributed by atoms with van der Waals surface area (Å²) in [5, 5.41) is 10.6. The summed E-state index contributed by atoms with van der Waals surface area (Å²) in [6, 6.07) is 7.51. The van der Waals surface area contributed by atoms with Crippen molar-refractivity contribution in [3.63, 3.8) is 0 Å². The van der Waals surface area contributed by atoms with Crippen molar-refractivity contribution in [3.8, 4) is 0 Å². The smallest absolute Gasteiger partial charge is 0.269 e. The second-order valence-corrected chi connectivity index (χ2v) is 4.71. The first-order valence-electron chi connectivity index (χ1n) is 5.97. The zero-order chi connectivity index (χ0) is 11.8. The summed E-state index contributed by atoms with van der Waals surface area (Å²) in [6.07, 6.45) is 1.21. The maximum absolute atomic E-state index is 10.6. The molecule has 0 radical (unpaired) electrons. The molecule has 1 aromatic rings. The minimum absolute atomic E-state index is 0.166. The van der Waals surface area contributed by atoms with Crippen LogP contribution in [0.5, 0.6) is 0 Å². The Bertz CT molecular complexity index is 432. The van der Waals surface area contributed by atoms with E-state index in [2.05, 4.69) is 9.80 Å². The number of anilines is 1. The maximum atomic E-state index is 10.6. The molecule has 5 nitrogen and oxygen atoms in total. The zero-order valence-corrected chi connectivity index (χ0v) is 9.58. The molecular formula is C12H15N3O2. The summed E-state index contributed by atoms with van der Waals surface area (Å²) >= 11 is 0. The lowest BCUT2D eigenvalue weighted by molar-refractivity contribution is -0.384. The number of benzene rings is 1. The molecule has 17 heavy (non-hydrogen) atoms. The summed E-state index contributed by atoms with van der Waals surface area (Å²) < 4.78 is 0. The van der Waals surface area contributed by atoms with Crippen molar-refractivity contribution in [2.24, 2.45) is 0 Å². The summed E-state index contributed by atoms with van der Waals surface area (Å²) in [6.45, 7) is 4.46. The minimum atomic E-state index is -0.350. The van der Waals surface area contributed by atoms with Crippen molar-refractivity contribution in [1.29, 1.82) is 0 Å². The molecule has 0 amide bonds. The molecule has 90 valence electrons. The van der Waals surface area contributed by atoms with Crippen LogP contribution >= 0.6 is 0 Å². The number of fused-ring (bicyclic) bond motifs is 2. The Labute approximate surface area is 99.8 Å². The molecule has 0 saturated carbocycles. The highest BCUT2D eigenvalue weighted by Gasteiger charge is 2.32. The predicted molar refractivity (Wildman–Crippen MR) is 65.3 cm³/mol. The summed E-state index contributed by atoms with van der Waals surface area (Å²) in [7, 11) is 0. The van der Waals surface area contributed by atoms with Crippen molar-refractivity contribution in [2.75, 3.05) is 31.1 Å². The first kappa shape index (κ1) is 10.5. The van der Waals surface area contributed by atoms with Crippen LogP contribution in [0.4, 0.5) is 11.4 Å². The molecule has 0 spiro atoms. The van der Waals surface area contributed by atoms with Gasteiger partial charge in [-0.3, -0.25) is 15.0 Å². The fourth-order valence-corrected chi connectivity index (χ4v) is 2.81. The first-order chi connectivity index (χ1) is 8.24. The number of nitrogens with zero attached hydrogens (tertiary/aromatic N) is 3. The van der Waals surface area contributed by atoms with Gasteiger partial charge in [0.25, 0.3) is 5.69 Å². The van der Waals surface area contributed by atoms with Gasteiger partial charge in [0.2, 0.25) is 0 Å². The maximum Gasteiger partial charge on any atom is 0.269 e. The molecule has 1 unspecified atom stereocenters. The molecular weight excluding hydrogens is 218 g/mol. The highest BCUT2D eigenvalue weighted by molar-refractivity contribution is 5.52. The second kappa shape index (κ2) is 4.00. The summed E-state index contributed by atoms with van der Waals surface area (Å²) in [5.74, 6) is 0. The van der Waals surface area contributed by atoms with E-state index in [1.165, 1.54) is 13.0 Å². The highest BCUT2D eigenvalue weighted by Crippen LogP contribution is 2.27.